The third kappa shape index (κ3) is 4.28. The summed E-state index contributed by atoms with van der Waals surface area (Å²) in [5.74, 6) is -0.327. The zero-order valence-electron chi connectivity index (χ0n) is 17.4. The summed E-state index contributed by atoms with van der Waals surface area (Å²) in [5.41, 5.74) is 8.20. The molecule has 166 valence electrons. The van der Waals surface area contributed by atoms with Crippen LogP contribution < -0.4 is 10.6 Å². The van der Waals surface area contributed by atoms with E-state index in [1.165, 1.54) is 24.3 Å². The summed E-state index contributed by atoms with van der Waals surface area (Å²) < 4.78 is 38.4. The lowest BCUT2D eigenvalue weighted by Crippen LogP contribution is -2.12. The molecule has 0 bridgehead atoms. The summed E-state index contributed by atoms with van der Waals surface area (Å²) in [4.78, 5) is 0.0238. The molecule has 9 heteroatoms. The average Bonchev–Trinajstić information content (AvgIpc) is 3.47. The molecule has 3 aromatic carbocycles. The quantitative estimate of drug-likeness (QED) is 0.472. The van der Waals surface area contributed by atoms with Gasteiger partial charge in [-0.25, -0.2) is 22.6 Å². The second-order valence-electron chi connectivity index (χ2n) is 7.73. The van der Waals surface area contributed by atoms with E-state index in [-0.39, 0.29) is 16.8 Å². The summed E-state index contributed by atoms with van der Waals surface area (Å²) >= 11 is 0. The summed E-state index contributed by atoms with van der Waals surface area (Å²) in [6, 6.07) is 22.1. The van der Waals surface area contributed by atoms with Gasteiger partial charge in [0.25, 0.3) is 0 Å². The summed E-state index contributed by atoms with van der Waals surface area (Å²) in [5, 5.41) is 14.5. The van der Waals surface area contributed by atoms with Gasteiger partial charge in [0, 0.05) is 23.7 Å². The van der Waals surface area contributed by atoms with E-state index in [0.29, 0.717) is 17.8 Å². The molecule has 5 rings (SSSR count). The predicted octanol–water partition coefficient (Wildman–Crippen LogP) is 3.76. The molecule has 7 nitrogen and oxygen atoms in total. The highest BCUT2D eigenvalue weighted by Gasteiger charge is 2.26. The molecular formula is C24H20FN5O2S. The average molecular weight is 462 g/mol. The van der Waals surface area contributed by atoms with Crippen LogP contribution in [-0.2, 0) is 10.0 Å². The van der Waals surface area contributed by atoms with E-state index in [2.05, 4.69) is 10.5 Å². The molecule has 3 N–H and O–H groups in total. The number of sulfonamides is 1. The van der Waals surface area contributed by atoms with Gasteiger partial charge in [0.2, 0.25) is 10.0 Å². The van der Waals surface area contributed by atoms with E-state index in [0.717, 1.165) is 22.4 Å². The van der Waals surface area contributed by atoms with Crippen LogP contribution in [0.2, 0.25) is 0 Å². The van der Waals surface area contributed by atoms with Crippen molar-refractivity contribution in [3.63, 3.8) is 0 Å². The van der Waals surface area contributed by atoms with Gasteiger partial charge in [0.05, 0.1) is 28.0 Å². The zero-order chi connectivity index (χ0) is 23.0. The van der Waals surface area contributed by atoms with Crippen LogP contribution in [0.25, 0.3) is 16.9 Å². The molecule has 33 heavy (non-hydrogen) atoms. The number of hydrogen-bond donors (Lipinski definition) is 2. The van der Waals surface area contributed by atoms with Crippen molar-refractivity contribution in [2.24, 2.45) is 10.2 Å². The largest absolute Gasteiger partial charge is 0.302 e. The van der Waals surface area contributed by atoms with Crippen molar-refractivity contribution in [2.75, 3.05) is 0 Å². The fraction of sp³-hybridized carbons (Fsp3) is 0.0833. The van der Waals surface area contributed by atoms with Gasteiger partial charge in [-0.1, -0.05) is 30.3 Å². The molecule has 4 aromatic rings. The van der Waals surface area contributed by atoms with Crippen LogP contribution in [0.3, 0.4) is 0 Å². The van der Waals surface area contributed by atoms with Gasteiger partial charge in [-0.2, -0.15) is 10.2 Å². The minimum Gasteiger partial charge on any atom is -0.302 e. The maximum Gasteiger partial charge on any atom is 0.238 e. The van der Waals surface area contributed by atoms with Gasteiger partial charge < -0.3 is 5.43 Å². The van der Waals surface area contributed by atoms with E-state index < -0.39 is 10.0 Å². The number of aromatic nitrogens is 2. The Bertz CT molecular complexity index is 1430. The summed E-state index contributed by atoms with van der Waals surface area (Å²) in [6.45, 7) is 0. The smallest absolute Gasteiger partial charge is 0.238 e. The van der Waals surface area contributed by atoms with Gasteiger partial charge >= 0.3 is 0 Å². The zero-order valence-corrected chi connectivity index (χ0v) is 18.2. The fourth-order valence-corrected chi connectivity index (χ4v) is 4.34. The van der Waals surface area contributed by atoms with Gasteiger partial charge in [-0.05, 0) is 54.1 Å². The number of hydrazone groups is 1. The third-order valence-electron chi connectivity index (χ3n) is 5.53. The van der Waals surface area contributed by atoms with E-state index in [1.807, 2.05) is 36.5 Å². The first-order valence-electron chi connectivity index (χ1n) is 10.2. The maximum absolute atomic E-state index is 13.5. The van der Waals surface area contributed by atoms with Gasteiger partial charge in [-0.3, -0.25) is 0 Å². The Balaban J connectivity index is 1.53. The van der Waals surface area contributed by atoms with Crippen molar-refractivity contribution in [2.45, 2.75) is 17.4 Å². The minimum absolute atomic E-state index is 0.0238. The molecule has 1 atom stereocenters. The first-order chi connectivity index (χ1) is 15.9. The monoisotopic (exact) mass is 461 g/mol. The molecule has 0 amide bonds. The lowest BCUT2D eigenvalue weighted by atomic mass is 9.97. The minimum atomic E-state index is -3.79. The number of benzene rings is 3. The normalized spacial score (nSPS) is 15.8. The second kappa shape index (κ2) is 8.27. The SMILES string of the molecule is NS(=O)(=O)c1ccc(-n2cc(C3CC(c4ccccc4)=NN3)c(-c3ccc(F)cc3)n2)cc1. The van der Waals surface area contributed by atoms with Crippen molar-refractivity contribution in [3.8, 4) is 16.9 Å². The number of hydrogen-bond acceptors (Lipinski definition) is 5. The molecule has 1 aliphatic rings. The summed E-state index contributed by atoms with van der Waals surface area (Å²) in [7, 11) is -3.79. The Morgan fingerprint density at radius 2 is 1.64 bits per heavy atom. The Morgan fingerprint density at radius 1 is 0.939 bits per heavy atom. The molecule has 0 fully saturated rings. The molecule has 1 aromatic heterocycles. The van der Waals surface area contributed by atoms with Crippen LogP contribution in [-0.4, -0.2) is 23.9 Å². The van der Waals surface area contributed by atoms with Crippen LogP contribution in [0.4, 0.5) is 4.39 Å². The van der Waals surface area contributed by atoms with Gasteiger partial charge in [-0.15, -0.1) is 0 Å². The van der Waals surface area contributed by atoms with Crippen molar-refractivity contribution in [1.82, 2.24) is 15.2 Å². The van der Waals surface area contributed by atoms with Crippen molar-refractivity contribution >= 4 is 15.7 Å². The molecule has 2 heterocycles. The van der Waals surface area contributed by atoms with E-state index in [4.69, 9.17) is 10.2 Å². The standard InChI is InChI=1S/C24H20FN5O2S/c25-18-8-6-17(7-9-18)24-21(23-14-22(27-28-23)16-4-2-1-3-5-16)15-30(29-24)19-10-12-20(13-11-19)33(26,31)32/h1-13,15,23,28H,14H2,(H2,26,31,32). The van der Waals surface area contributed by atoms with Crippen molar-refractivity contribution in [1.29, 1.82) is 0 Å². The number of nitrogens with two attached hydrogens (primary N) is 1. The second-order valence-corrected chi connectivity index (χ2v) is 9.30. The van der Waals surface area contributed by atoms with Crippen molar-refractivity contribution in [3.05, 3.63) is 102 Å². The lowest BCUT2D eigenvalue weighted by Gasteiger charge is -2.10. The Hall–Kier alpha value is -3.82. The number of rotatable bonds is 5. The molecule has 0 radical (unpaired) electrons. The van der Waals surface area contributed by atoms with E-state index in [9.17, 15) is 12.8 Å². The van der Waals surface area contributed by atoms with Crippen molar-refractivity contribution < 1.29 is 12.8 Å². The van der Waals surface area contributed by atoms with Crippen LogP contribution in [0.1, 0.15) is 23.6 Å². The number of primary sulfonamides is 1. The topological polar surface area (TPSA) is 102 Å². The van der Waals surface area contributed by atoms with Gasteiger partial charge in [0.15, 0.2) is 0 Å². The highest BCUT2D eigenvalue weighted by atomic mass is 32.2. The molecule has 1 unspecified atom stereocenters. The highest BCUT2D eigenvalue weighted by Crippen LogP contribution is 2.33. The Morgan fingerprint density at radius 3 is 2.30 bits per heavy atom. The first kappa shape index (κ1) is 21.0. The highest BCUT2D eigenvalue weighted by molar-refractivity contribution is 7.89. The number of nitrogens with zero attached hydrogens (tertiary/aromatic N) is 3. The molecule has 0 saturated carbocycles. The third-order valence-corrected chi connectivity index (χ3v) is 6.45. The van der Waals surface area contributed by atoms with Crippen LogP contribution >= 0.6 is 0 Å². The molecule has 1 aliphatic heterocycles. The Labute approximate surface area is 190 Å². The maximum atomic E-state index is 13.5. The lowest BCUT2D eigenvalue weighted by molar-refractivity contribution is 0.597. The molecule has 0 spiro atoms. The molecule has 0 saturated heterocycles. The number of halogens is 1. The van der Waals surface area contributed by atoms with Crippen LogP contribution in [0, 0.1) is 5.82 Å². The van der Waals surface area contributed by atoms with Gasteiger partial charge in [0.1, 0.15) is 5.82 Å². The van der Waals surface area contributed by atoms with Crippen LogP contribution in [0.5, 0.6) is 0 Å². The van der Waals surface area contributed by atoms with Crippen LogP contribution in [0.15, 0.2) is 95.1 Å². The number of nitrogens with one attached hydrogen (secondary N) is 1. The fourth-order valence-electron chi connectivity index (χ4n) is 3.83. The molecule has 0 aliphatic carbocycles. The Kier molecular flexibility index (Phi) is 5.27. The first-order valence-corrected chi connectivity index (χ1v) is 11.8. The summed E-state index contributed by atoms with van der Waals surface area (Å²) in [6.07, 6.45) is 2.54. The predicted molar refractivity (Wildman–Crippen MR) is 124 cm³/mol. The van der Waals surface area contributed by atoms with E-state index in [1.54, 1.807) is 28.9 Å². The van der Waals surface area contributed by atoms with E-state index >= 15 is 0 Å². The molecular weight excluding hydrogens is 441 g/mol.